The average Bonchev–Trinajstić information content (AvgIpc) is 3.12. The molecule has 3 aromatic rings. The number of hydrogen-bond donors (Lipinski definition) is 2. The van der Waals surface area contributed by atoms with Gasteiger partial charge in [0.25, 0.3) is 5.91 Å². The smallest absolute Gasteiger partial charge is 0.292 e. The number of aryl methyl sites for hydroxylation is 2. The molecular weight excluding hydrogens is 458 g/mol. The highest BCUT2D eigenvalue weighted by atomic mass is 32.2. The Morgan fingerprint density at radius 3 is 2.18 bits per heavy atom. The van der Waals surface area contributed by atoms with Crippen molar-refractivity contribution in [2.45, 2.75) is 45.2 Å². The maximum absolute atomic E-state index is 12.7. The number of amides is 2. The maximum atomic E-state index is 12.7. The molecule has 11 heteroatoms. The molecule has 2 aromatic carbocycles. The summed E-state index contributed by atoms with van der Waals surface area (Å²) in [6, 6.07) is 13.0. The van der Waals surface area contributed by atoms with E-state index in [0.29, 0.717) is 19.6 Å². The van der Waals surface area contributed by atoms with Crippen molar-refractivity contribution in [2.75, 3.05) is 13.1 Å². The fourth-order valence-electron chi connectivity index (χ4n) is 3.78. The zero-order chi connectivity index (χ0) is 24.9. The number of hydrogen-bond acceptors (Lipinski definition) is 5. The van der Waals surface area contributed by atoms with Crippen LogP contribution in [0.2, 0.25) is 0 Å². The molecule has 0 spiro atoms. The summed E-state index contributed by atoms with van der Waals surface area (Å²) in [5, 5.41) is 0. The van der Waals surface area contributed by atoms with E-state index >= 15 is 0 Å². The topological polar surface area (TPSA) is 123 Å². The third-order valence-electron chi connectivity index (χ3n) is 5.56. The molecule has 2 amide bonds. The summed E-state index contributed by atoms with van der Waals surface area (Å²) in [6.07, 6.45) is -0.0334. The van der Waals surface area contributed by atoms with Crippen LogP contribution < -0.4 is 16.5 Å². The standard InChI is InChI=1S/C23H29N5O5S/c1-4-26(5-2)34(32,33)18-11-9-10-17(16-18)22(30)25-24-21(29)14-15-28-20-13-8-7-12-19(20)27(6-3)23(28)31/h7-13,16H,4-6,14-15H2,1-3H3,(H,24,29)(H,25,30). The van der Waals surface area contributed by atoms with Crippen molar-refractivity contribution >= 4 is 32.9 Å². The molecule has 34 heavy (non-hydrogen) atoms. The minimum absolute atomic E-state index is 0.00173. The van der Waals surface area contributed by atoms with Gasteiger partial charge in [-0.15, -0.1) is 0 Å². The molecule has 3 rings (SSSR count). The predicted molar refractivity (Wildman–Crippen MR) is 129 cm³/mol. The molecular formula is C23H29N5O5S. The van der Waals surface area contributed by atoms with Crippen LogP contribution in [0.4, 0.5) is 0 Å². The van der Waals surface area contributed by atoms with Crippen LogP contribution in [0.5, 0.6) is 0 Å². The van der Waals surface area contributed by atoms with Crippen molar-refractivity contribution in [1.29, 1.82) is 0 Å². The molecule has 2 N–H and O–H groups in total. The largest absolute Gasteiger partial charge is 0.329 e. The van der Waals surface area contributed by atoms with Gasteiger partial charge in [0, 0.05) is 38.2 Å². The van der Waals surface area contributed by atoms with Gasteiger partial charge in [0.15, 0.2) is 0 Å². The second-order valence-corrected chi connectivity index (χ2v) is 9.47. The van der Waals surface area contributed by atoms with Crippen LogP contribution in [0.25, 0.3) is 11.0 Å². The quantitative estimate of drug-likeness (QED) is 0.445. The summed E-state index contributed by atoms with van der Waals surface area (Å²) in [4.78, 5) is 37.5. The van der Waals surface area contributed by atoms with Gasteiger partial charge in [0.1, 0.15) is 0 Å². The number of carbonyl (C=O) groups is 2. The first-order valence-electron chi connectivity index (χ1n) is 11.1. The normalized spacial score (nSPS) is 11.6. The highest BCUT2D eigenvalue weighted by Gasteiger charge is 2.22. The third kappa shape index (κ3) is 5.05. The van der Waals surface area contributed by atoms with Gasteiger partial charge in [-0.2, -0.15) is 4.31 Å². The van der Waals surface area contributed by atoms with Gasteiger partial charge in [-0.25, -0.2) is 13.2 Å². The molecule has 0 atom stereocenters. The Balaban J connectivity index is 1.65. The average molecular weight is 488 g/mol. The number of sulfonamides is 1. The molecule has 0 saturated carbocycles. The molecule has 10 nitrogen and oxygen atoms in total. The van der Waals surface area contributed by atoms with Crippen molar-refractivity contribution in [3.63, 3.8) is 0 Å². The van der Waals surface area contributed by atoms with Crippen LogP contribution in [0.3, 0.4) is 0 Å². The van der Waals surface area contributed by atoms with Crippen LogP contribution in [0.15, 0.2) is 58.2 Å². The SMILES string of the molecule is CCN(CC)S(=O)(=O)c1cccc(C(=O)NNC(=O)CCn2c(=O)n(CC)c3ccccc32)c1. The first kappa shape index (κ1) is 25.2. The number of carbonyl (C=O) groups excluding carboxylic acids is 2. The fraction of sp³-hybridized carbons (Fsp3) is 0.348. The van der Waals surface area contributed by atoms with E-state index in [1.807, 2.05) is 31.2 Å². The number of benzene rings is 2. The van der Waals surface area contributed by atoms with Crippen LogP contribution >= 0.6 is 0 Å². The summed E-state index contributed by atoms with van der Waals surface area (Å²) in [5.74, 6) is -1.13. The molecule has 0 aliphatic rings. The van der Waals surface area contributed by atoms with Gasteiger partial charge in [0.2, 0.25) is 15.9 Å². The maximum Gasteiger partial charge on any atom is 0.329 e. The Morgan fingerprint density at radius 1 is 0.912 bits per heavy atom. The van der Waals surface area contributed by atoms with Gasteiger partial charge in [-0.05, 0) is 37.3 Å². The number of hydrazine groups is 1. The lowest BCUT2D eigenvalue weighted by atomic mass is 10.2. The van der Waals surface area contributed by atoms with Gasteiger partial charge in [-0.3, -0.25) is 29.6 Å². The monoisotopic (exact) mass is 487 g/mol. The van der Waals surface area contributed by atoms with Crippen molar-refractivity contribution in [3.05, 3.63) is 64.6 Å². The summed E-state index contributed by atoms with van der Waals surface area (Å²) in [5.41, 5.74) is 6.04. The van der Waals surface area contributed by atoms with E-state index in [-0.39, 0.29) is 29.1 Å². The molecule has 0 saturated heterocycles. The number of imidazole rings is 1. The Kier molecular flexibility index (Phi) is 7.90. The predicted octanol–water partition coefficient (Wildman–Crippen LogP) is 1.70. The van der Waals surface area contributed by atoms with Gasteiger partial charge in [-0.1, -0.05) is 32.0 Å². The Labute approximate surface area is 198 Å². The third-order valence-corrected chi connectivity index (χ3v) is 7.60. The summed E-state index contributed by atoms with van der Waals surface area (Å²) in [7, 11) is -3.72. The number of nitrogens with zero attached hydrogens (tertiary/aromatic N) is 3. The summed E-state index contributed by atoms with van der Waals surface area (Å²) < 4.78 is 29.8. The van der Waals surface area contributed by atoms with E-state index < -0.39 is 21.8 Å². The Bertz CT molecular complexity index is 1360. The van der Waals surface area contributed by atoms with E-state index in [0.717, 1.165) is 11.0 Å². The van der Waals surface area contributed by atoms with Crippen molar-refractivity contribution in [2.24, 2.45) is 0 Å². The van der Waals surface area contributed by atoms with E-state index in [1.54, 1.807) is 18.4 Å². The Hall–Kier alpha value is -3.44. The molecule has 0 bridgehead atoms. The van der Waals surface area contributed by atoms with E-state index in [1.165, 1.54) is 33.1 Å². The van der Waals surface area contributed by atoms with Crippen LogP contribution in [0, 0.1) is 0 Å². The number of fused-ring (bicyclic) bond motifs is 1. The lowest BCUT2D eigenvalue weighted by molar-refractivity contribution is -0.122. The fourth-order valence-corrected chi connectivity index (χ4v) is 5.28. The molecule has 182 valence electrons. The molecule has 0 radical (unpaired) electrons. The van der Waals surface area contributed by atoms with E-state index in [4.69, 9.17) is 0 Å². The summed E-state index contributed by atoms with van der Waals surface area (Å²) >= 11 is 0. The number of aromatic nitrogens is 2. The molecule has 0 aliphatic heterocycles. The van der Waals surface area contributed by atoms with Crippen molar-refractivity contribution < 1.29 is 18.0 Å². The van der Waals surface area contributed by atoms with Crippen LogP contribution in [-0.2, 0) is 27.9 Å². The number of para-hydroxylation sites is 2. The lowest BCUT2D eigenvalue weighted by Gasteiger charge is -2.18. The first-order valence-corrected chi connectivity index (χ1v) is 12.6. The van der Waals surface area contributed by atoms with Crippen molar-refractivity contribution in [3.8, 4) is 0 Å². The van der Waals surface area contributed by atoms with E-state index in [9.17, 15) is 22.8 Å². The zero-order valence-electron chi connectivity index (χ0n) is 19.4. The highest BCUT2D eigenvalue weighted by molar-refractivity contribution is 7.89. The minimum Gasteiger partial charge on any atom is -0.292 e. The molecule has 0 unspecified atom stereocenters. The van der Waals surface area contributed by atoms with Gasteiger partial charge in [0.05, 0.1) is 15.9 Å². The van der Waals surface area contributed by atoms with E-state index in [2.05, 4.69) is 10.9 Å². The number of rotatable bonds is 9. The molecule has 1 heterocycles. The first-order chi connectivity index (χ1) is 16.2. The lowest BCUT2D eigenvalue weighted by Crippen LogP contribution is -2.42. The van der Waals surface area contributed by atoms with Crippen LogP contribution in [0.1, 0.15) is 37.6 Å². The second-order valence-electron chi connectivity index (χ2n) is 7.54. The molecule has 0 aliphatic carbocycles. The summed E-state index contributed by atoms with van der Waals surface area (Å²) in [6.45, 7) is 6.63. The van der Waals surface area contributed by atoms with Gasteiger partial charge < -0.3 is 0 Å². The van der Waals surface area contributed by atoms with Crippen molar-refractivity contribution in [1.82, 2.24) is 24.3 Å². The zero-order valence-corrected chi connectivity index (χ0v) is 20.3. The highest BCUT2D eigenvalue weighted by Crippen LogP contribution is 2.17. The molecule has 1 aromatic heterocycles. The Morgan fingerprint density at radius 2 is 1.56 bits per heavy atom. The van der Waals surface area contributed by atoms with Crippen LogP contribution in [-0.4, -0.2) is 46.8 Å². The van der Waals surface area contributed by atoms with Gasteiger partial charge >= 0.3 is 5.69 Å². The molecule has 0 fully saturated rings. The minimum atomic E-state index is -3.72. The number of nitrogens with one attached hydrogen (secondary N) is 2. The second kappa shape index (κ2) is 10.7.